The minimum absolute atomic E-state index is 0.417. The Morgan fingerprint density at radius 1 is 0.348 bits per heavy atom. The van der Waals surface area contributed by atoms with E-state index in [1.54, 1.807) is 0 Å². The lowest BCUT2D eigenvalue weighted by Crippen LogP contribution is -2.26. The summed E-state index contributed by atoms with van der Waals surface area (Å²) in [6.45, 7) is 0. The van der Waals surface area contributed by atoms with Gasteiger partial charge >= 0.3 is 0 Å². The summed E-state index contributed by atoms with van der Waals surface area (Å²) in [6, 6.07) is 59.4. The van der Waals surface area contributed by atoms with Crippen LogP contribution >= 0.6 is 11.8 Å². The quantitative estimate of drug-likeness (QED) is 0.181. The molecule has 0 saturated carbocycles. The van der Waals surface area contributed by atoms with Gasteiger partial charge in [0.1, 0.15) is 0 Å². The van der Waals surface area contributed by atoms with Crippen LogP contribution < -0.4 is 0 Å². The van der Waals surface area contributed by atoms with E-state index in [1.165, 1.54) is 98.1 Å². The maximum atomic E-state index is 2.42. The molecular weight excluding hydrogens is 573 g/mol. The van der Waals surface area contributed by atoms with Crippen LogP contribution in [0.2, 0.25) is 0 Å². The molecule has 0 fully saturated rings. The normalized spacial score (nSPS) is 16.3. The molecule has 0 amide bonds. The number of hydrogen-bond acceptors (Lipinski definition) is 1. The molecule has 0 radical (unpaired) electrons. The fraction of sp³-hybridized carbons (Fsp3) is 0.0222. The van der Waals surface area contributed by atoms with Crippen molar-refractivity contribution in [1.82, 2.24) is 0 Å². The monoisotopic (exact) mass is 598 g/mol. The van der Waals surface area contributed by atoms with Gasteiger partial charge in [-0.1, -0.05) is 157 Å². The summed E-state index contributed by atoms with van der Waals surface area (Å²) in [7, 11) is 0. The molecule has 212 valence electrons. The molecule has 8 aromatic carbocycles. The van der Waals surface area contributed by atoms with Gasteiger partial charge in [0.05, 0.1) is 5.41 Å². The smallest absolute Gasteiger partial charge is 0.0731 e. The Balaban J connectivity index is 1.29. The van der Waals surface area contributed by atoms with E-state index in [0.717, 1.165) is 0 Å². The van der Waals surface area contributed by atoms with Crippen molar-refractivity contribution in [3.63, 3.8) is 0 Å². The molecule has 1 spiro atoms. The summed E-state index contributed by atoms with van der Waals surface area (Å²) in [5.41, 5.74) is 15.8. The lowest BCUT2D eigenvalue weighted by molar-refractivity contribution is 0.796. The highest BCUT2D eigenvalue weighted by Gasteiger charge is 2.53. The molecule has 1 heterocycles. The van der Waals surface area contributed by atoms with E-state index >= 15 is 0 Å². The summed E-state index contributed by atoms with van der Waals surface area (Å²) in [5.74, 6) is 0. The Hall–Kier alpha value is -5.37. The van der Waals surface area contributed by atoms with E-state index in [-0.39, 0.29) is 0 Å². The SMILES string of the molecule is c1ccc2c(c1)Sc1ccc(-c3cccc4c3C3(c5ccccc5-4)c4ccccc4-c4c3ccc3ccccc43)c3cccc-2c13. The third kappa shape index (κ3) is 2.93. The van der Waals surface area contributed by atoms with Crippen LogP contribution in [-0.2, 0) is 5.41 Å². The summed E-state index contributed by atoms with van der Waals surface area (Å²) in [6.07, 6.45) is 0. The van der Waals surface area contributed by atoms with Crippen molar-refractivity contribution in [2.45, 2.75) is 15.2 Å². The van der Waals surface area contributed by atoms with E-state index in [2.05, 4.69) is 158 Å². The van der Waals surface area contributed by atoms with E-state index in [0.29, 0.717) is 0 Å². The minimum Gasteiger partial charge on any atom is -0.0888 e. The Labute approximate surface area is 272 Å². The fourth-order valence-corrected chi connectivity index (χ4v) is 10.1. The molecule has 1 unspecified atom stereocenters. The second-order valence-corrected chi connectivity index (χ2v) is 13.8. The summed E-state index contributed by atoms with van der Waals surface area (Å²) in [4.78, 5) is 2.67. The van der Waals surface area contributed by atoms with Crippen molar-refractivity contribution in [3.05, 3.63) is 180 Å². The first-order valence-electron chi connectivity index (χ1n) is 16.0. The molecule has 1 atom stereocenters. The Morgan fingerprint density at radius 3 is 1.87 bits per heavy atom. The van der Waals surface area contributed by atoms with Gasteiger partial charge in [-0.15, -0.1) is 0 Å². The van der Waals surface area contributed by atoms with Crippen molar-refractivity contribution in [3.8, 4) is 44.5 Å². The van der Waals surface area contributed by atoms with Crippen LogP contribution in [0.3, 0.4) is 0 Å². The van der Waals surface area contributed by atoms with Crippen LogP contribution in [0.25, 0.3) is 66.1 Å². The third-order valence-electron chi connectivity index (χ3n) is 10.7. The number of fused-ring (bicyclic) bond motifs is 14. The molecule has 11 rings (SSSR count). The molecular formula is C45H26S. The summed E-state index contributed by atoms with van der Waals surface area (Å²) >= 11 is 1.90. The molecule has 0 saturated heterocycles. The van der Waals surface area contributed by atoms with Crippen molar-refractivity contribution in [2.75, 3.05) is 0 Å². The Kier molecular flexibility index (Phi) is 4.80. The predicted octanol–water partition coefficient (Wildman–Crippen LogP) is 12.1. The molecule has 2 aliphatic carbocycles. The van der Waals surface area contributed by atoms with Gasteiger partial charge in [-0.25, -0.2) is 0 Å². The summed E-state index contributed by atoms with van der Waals surface area (Å²) < 4.78 is 0. The highest BCUT2D eigenvalue weighted by Crippen LogP contribution is 2.65. The Bertz CT molecular complexity index is 2630. The van der Waals surface area contributed by atoms with Gasteiger partial charge in [0, 0.05) is 15.2 Å². The average Bonchev–Trinajstić information content (AvgIpc) is 3.60. The average molecular weight is 599 g/mol. The van der Waals surface area contributed by atoms with Gasteiger partial charge in [0.2, 0.25) is 0 Å². The van der Waals surface area contributed by atoms with E-state index in [9.17, 15) is 0 Å². The lowest BCUT2D eigenvalue weighted by atomic mass is 9.68. The molecule has 1 aliphatic heterocycles. The van der Waals surface area contributed by atoms with Crippen LogP contribution in [0.1, 0.15) is 22.3 Å². The Morgan fingerprint density at radius 2 is 0.978 bits per heavy atom. The maximum Gasteiger partial charge on any atom is 0.0731 e. The number of rotatable bonds is 1. The lowest BCUT2D eigenvalue weighted by Gasteiger charge is -2.32. The zero-order chi connectivity index (χ0) is 30.0. The second kappa shape index (κ2) is 8.88. The second-order valence-electron chi connectivity index (χ2n) is 12.7. The maximum absolute atomic E-state index is 2.42. The van der Waals surface area contributed by atoms with Crippen molar-refractivity contribution in [1.29, 1.82) is 0 Å². The van der Waals surface area contributed by atoms with Gasteiger partial charge < -0.3 is 0 Å². The first-order chi connectivity index (χ1) is 22.8. The van der Waals surface area contributed by atoms with E-state index in [1.807, 2.05) is 11.8 Å². The van der Waals surface area contributed by atoms with Gasteiger partial charge in [0.15, 0.2) is 0 Å². The van der Waals surface area contributed by atoms with Crippen LogP contribution in [0.4, 0.5) is 0 Å². The van der Waals surface area contributed by atoms with E-state index < -0.39 is 5.41 Å². The largest absolute Gasteiger partial charge is 0.0888 e. The third-order valence-corrected chi connectivity index (χ3v) is 11.8. The van der Waals surface area contributed by atoms with Crippen LogP contribution in [-0.4, -0.2) is 0 Å². The molecule has 1 heteroatoms. The van der Waals surface area contributed by atoms with Gasteiger partial charge in [-0.2, -0.15) is 0 Å². The zero-order valence-electron chi connectivity index (χ0n) is 24.9. The van der Waals surface area contributed by atoms with Crippen LogP contribution in [0.15, 0.2) is 168 Å². The van der Waals surface area contributed by atoms with Gasteiger partial charge in [0.25, 0.3) is 0 Å². The highest BCUT2D eigenvalue weighted by atomic mass is 32.2. The van der Waals surface area contributed by atoms with Crippen molar-refractivity contribution < 1.29 is 0 Å². The zero-order valence-corrected chi connectivity index (χ0v) is 25.7. The summed E-state index contributed by atoms with van der Waals surface area (Å²) in [5, 5.41) is 5.30. The molecule has 0 aromatic heterocycles. The molecule has 0 nitrogen and oxygen atoms in total. The minimum atomic E-state index is -0.417. The molecule has 3 aliphatic rings. The first kappa shape index (κ1) is 24.9. The van der Waals surface area contributed by atoms with Crippen LogP contribution in [0.5, 0.6) is 0 Å². The highest BCUT2D eigenvalue weighted by molar-refractivity contribution is 7.99. The fourth-order valence-electron chi connectivity index (χ4n) is 9.01. The first-order valence-corrected chi connectivity index (χ1v) is 16.8. The molecule has 0 N–H and O–H groups in total. The molecule has 0 bridgehead atoms. The van der Waals surface area contributed by atoms with Gasteiger partial charge in [-0.05, 0) is 95.1 Å². The number of benzene rings is 8. The standard InChI is InChI=1S/C45H26S/c1-2-12-28-27(11-1)23-25-39-42(28)36-15-4-7-21-38(36)45(39)37-20-6-3-13-30(37)35-19-10-18-34(44(35)45)29-24-26-41-43-32(29)16-9-17-33(43)31-14-5-8-22-40(31)46-41/h1-26H. The topological polar surface area (TPSA) is 0 Å². The number of hydrogen-bond donors (Lipinski definition) is 0. The van der Waals surface area contributed by atoms with E-state index in [4.69, 9.17) is 0 Å². The van der Waals surface area contributed by atoms with Crippen molar-refractivity contribution >= 4 is 33.3 Å². The van der Waals surface area contributed by atoms with Gasteiger partial charge in [-0.3, -0.25) is 0 Å². The molecule has 8 aromatic rings. The predicted molar refractivity (Wildman–Crippen MR) is 193 cm³/mol. The van der Waals surface area contributed by atoms with Crippen molar-refractivity contribution in [2.24, 2.45) is 0 Å². The molecule has 46 heavy (non-hydrogen) atoms. The van der Waals surface area contributed by atoms with Crippen LogP contribution in [0, 0.1) is 0 Å².